The van der Waals surface area contributed by atoms with E-state index < -0.39 is 0 Å². The molecule has 1 aliphatic carbocycles. The Hall–Kier alpha value is 0.517. The van der Waals surface area contributed by atoms with E-state index in [0.717, 1.165) is 18.8 Å². The average Bonchev–Trinajstić information content (AvgIpc) is 2.66. The van der Waals surface area contributed by atoms with Crippen LogP contribution in [0.1, 0.15) is 83.3 Å². The first-order chi connectivity index (χ1) is 11.7. The molecular weight excluding hydrogens is 664 g/mol. The second-order valence-electron chi connectivity index (χ2n) is 6.63. The van der Waals surface area contributed by atoms with E-state index >= 15 is 0 Å². The van der Waals surface area contributed by atoms with Gasteiger partial charge in [-0.1, -0.05) is 57.5 Å². The number of aliphatic hydroxyl groups excluding tert-OH is 1. The maximum atomic E-state index is 9.51. The van der Waals surface area contributed by atoms with Crippen LogP contribution in [-0.2, 0) is 46.9 Å². The van der Waals surface area contributed by atoms with Crippen molar-refractivity contribution in [2.45, 2.75) is 91.3 Å². The normalized spacial score (nSPS) is 27.3. The molecular formula is C22H38O2W2. The topological polar surface area (TPSA) is 29.5 Å². The van der Waals surface area contributed by atoms with Gasteiger partial charge in [0.05, 0.1) is 18.8 Å². The largest absolute Gasteiger partial charge is 0.391 e. The molecule has 0 radical (unpaired) electrons. The molecule has 1 aromatic carbocycles. The summed E-state index contributed by atoms with van der Waals surface area (Å²) in [5.74, 6) is 1.45. The van der Waals surface area contributed by atoms with Crippen LogP contribution in [0.2, 0.25) is 0 Å². The van der Waals surface area contributed by atoms with Gasteiger partial charge in [0.15, 0.2) is 0 Å². The first-order valence-electron chi connectivity index (χ1n) is 10.1. The minimum absolute atomic E-state index is 0. The smallest absolute Gasteiger partial charge is 0.0774 e. The molecule has 1 heterocycles. The molecule has 1 aromatic rings. The first-order valence-corrected chi connectivity index (χ1v) is 10.1. The summed E-state index contributed by atoms with van der Waals surface area (Å²) >= 11 is 0. The fourth-order valence-electron chi connectivity index (χ4n) is 3.79. The van der Waals surface area contributed by atoms with E-state index in [-0.39, 0.29) is 48.2 Å². The maximum absolute atomic E-state index is 9.51. The van der Waals surface area contributed by atoms with Gasteiger partial charge in [-0.05, 0) is 62.8 Å². The van der Waals surface area contributed by atoms with Crippen molar-refractivity contribution >= 4 is 0 Å². The van der Waals surface area contributed by atoms with Crippen molar-refractivity contribution in [1.29, 1.82) is 0 Å². The summed E-state index contributed by atoms with van der Waals surface area (Å²) in [5, 5.41) is 9.51. The van der Waals surface area contributed by atoms with Crippen molar-refractivity contribution in [3.8, 4) is 0 Å². The van der Waals surface area contributed by atoms with Crippen LogP contribution in [0.4, 0.5) is 0 Å². The van der Waals surface area contributed by atoms with Crippen molar-refractivity contribution < 1.29 is 52.0 Å². The standard InChI is InChI=1S/C18H26O2.2C2H6.2W/c1-13-2-4-14(5-3-13)15-6-8-16(9-7-15)18-11-10-17(19)12-20-18;2*1-2;;/h2-5,15-19H,6-12H2,1H3;2*1-2H3;;. The van der Waals surface area contributed by atoms with E-state index in [4.69, 9.17) is 4.74 Å². The van der Waals surface area contributed by atoms with E-state index in [1.165, 1.54) is 36.8 Å². The van der Waals surface area contributed by atoms with Crippen LogP contribution in [0.25, 0.3) is 0 Å². The zero-order chi connectivity index (χ0) is 17.9. The van der Waals surface area contributed by atoms with Crippen molar-refractivity contribution in [1.82, 2.24) is 0 Å². The monoisotopic (exact) mass is 702 g/mol. The molecule has 4 heteroatoms. The van der Waals surface area contributed by atoms with E-state index in [1.807, 2.05) is 27.7 Å². The Bertz CT molecular complexity index is 420. The van der Waals surface area contributed by atoms with Crippen molar-refractivity contribution in [2.24, 2.45) is 5.92 Å². The van der Waals surface area contributed by atoms with Crippen molar-refractivity contribution in [3.63, 3.8) is 0 Å². The molecule has 1 saturated heterocycles. The molecule has 3 rings (SSSR count). The van der Waals surface area contributed by atoms with Crippen LogP contribution in [-0.4, -0.2) is 23.9 Å². The van der Waals surface area contributed by atoms with Gasteiger partial charge in [-0.15, -0.1) is 0 Å². The summed E-state index contributed by atoms with van der Waals surface area (Å²) in [5.41, 5.74) is 2.85. The van der Waals surface area contributed by atoms with Gasteiger partial charge >= 0.3 is 0 Å². The van der Waals surface area contributed by atoms with Gasteiger partial charge in [-0.25, -0.2) is 0 Å². The van der Waals surface area contributed by atoms with Gasteiger partial charge in [0.2, 0.25) is 0 Å². The number of aliphatic hydroxyl groups is 1. The summed E-state index contributed by atoms with van der Waals surface area (Å²) in [6, 6.07) is 9.06. The van der Waals surface area contributed by atoms with Gasteiger partial charge in [0, 0.05) is 42.1 Å². The number of hydrogen-bond donors (Lipinski definition) is 1. The molecule has 1 aliphatic heterocycles. The summed E-state index contributed by atoms with van der Waals surface area (Å²) in [6.45, 7) is 10.7. The summed E-state index contributed by atoms with van der Waals surface area (Å²) in [7, 11) is 0. The molecule has 2 aliphatic rings. The fourth-order valence-corrected chi connectivity index (χ4v) is 3.79. The van der Waals surface area contributed by atoms with Crippen molar-refractivity contribution in [2.75, 3.05) is 6.61 Å². The number of ether oxygens (including phenoxy) is 1. The van der Waals surface area contributed by atoms with E-state index in [0.29, 0.717) is 18.6 Å². The minimum atomic E-state index is -0.227. The van der Waals surface area contributed by atoms with Crippen molar-refractivity contribution in [3.05, 3.63) is 35.4 Å². The summed E-state index contributed by atoms with van der Waals surface area (Å²) in [6.07, 6.45) is 7.27. The Balaban J connectivity index is 0. The van der Waals surface area contributed by atoms with Crippen LogP contribution < -0.4 is 0 Å². The predicted molar refractivity (Wildman–Crippen MR) is 104 cm³/mol. The van der Waals surface area contributed by atoms with E-state index in [2.05, 4.69) is 31.2 Å². The molecule has 0 bridgehead atoms. The Morgan fingerprint density at radius 2 is 1.35 bits per heavy atom. The molecule has 1 saturated carbocycles. The molecule has 150 valence electrons. The molecule has 0 spiro atoms. The molecule has 2 nitrogen and oxygen atoms in total. The molecule has 1 N–H and O–H groups in total. The fraction of sp³-hybridized carbons (Fsp3) is 0.727. The average molecular weight is 702 g/mol. The van der Waals surface area contributed by atoms with Gasteiger partial charge in [0.25, 0.3) is 0 Å². The van der Waals surface area contributed by atoms with Crippen LogP contribution >= 0.6 is 0 Å². The maximum Gasteiger partial charge on any atom is 0.0774 e. The zero-order valence-electron chi connectivity index (χ0n) is 17.2. The third-order valence-corrected chi connectivity index (χ3v) is 5.13. The number of rotatable bonds is 2. The van der Waals surface area contributed by atoms with Gasteiger partial charge in [-0.3, -0.25) is 0 Å². The minimum Gasteiger partial charge on any atom is -0.391 e. The van der Waals surface area contributed by atoms with E-state index in [9.17, 15) is 5.11 Å². The Morgan fingerprint density at radius 1 is 0.808 bits per heavy atom. The third kappa shape index (κ3) is 9.14. The Morgan fingerprint density at radius 3 is 1.81 bits per heavy atom. The second-order valence-corrected chi connectivity index (χ2v) is 6.63. The van der Waals surface area contributed by atoms with Gasteiger partial charge < -0.3 is 9.84 Å². The van der Waals surface area contributed by atoms with Crippen LogP contribution in [0.5, 0.6) is 0 Å². The quantitative estimate of drug-likeness (QED) is 0.419. The predicted octanol–water partition coefficient (Wildman–Crippen LogP) is 5.86. The molecule has 2 fully saturated rings. The second kappa shape index (κ2) is 16.5. The summed E-state index contributed by atoms with van der Waals surface area (Å²) < 4.78 is 5.84. The number of benzene rings is 1. The Kier molecular flexibility index (Phi) is 18.2. The van der Waals surface area contributed by atoms with Crippen LogP contribution in [0.15, 0.2) is 24.3 Å². The number of hydrogen-bond acceptors (Lipinski definition) is 2. The van der Waals surface area contributed by atoms with Gasteiger partial charge in [0.1, 0.15) is 0 Å². The Labute approximate surface area is 190 Å². The SMILES string of the molecule is CC.CC.Cc1ccc(C2CCC(C3CCC(O)CO3)CC2)cc1.[W].[W]. The van der Waals surface area contributed by atoms with Crippen LogP contribution in [0.3, 0.4) is 0 Å². The van der Waals surface area contributed by atoms with E-state index in [1.54, 1.807) is 0 Å². The first kappa shape index (κ1) is 28.7. The zero-order valence-corrected chi connectivity index (χ0v) is 23.1. The third-order valence-electron chi connectivity index (χ3n) is 5.13. The molecule has 0 aromatic heterocycles. The van der Waals surface area contributed by atoms with Crippen LogP contribution in [0, 0.1) is 12.8 Å². The molecule has 26 heavy (non-hydrogen) atoms. The molecule has 2 unspecified atom stereocenters. The molecule has 2 atom stereocenters. The summed E-state index contributed by atoms with van der Waals surface area (Å²) in [4.78, 5) is 0. The number of aryl methyl sites for hydroxylation is 1. The molecule has 0 amide bonds. The van der Waals surface area contributed by atoms with Gasteiger partial charge in [-0.2, -0.15) is 0 Å².